The predicted octanol–water partition coefficient (Wildman–Crippen LogP) is 7.34. The van der Waals surface area contributed by atoms with E-state index in [9.17, 15) is 18.0 Å². The number of carbonyl (C=O) groups is 1. The minimum absolute atomic E-state index is 0.0656. The van der Waals surface area contributed by atoms with E-state index in [1.165, 1.54) is 18.6 Å². The van der Waals surface area contributed by atoms with Crippen LogP contribution in [-0.4, -0.2) is 5.97 Å². The first-order chi connectivity index (χ1) is 14.9. The molecule has 2 aliphatic carbocycles. The summed E-state index contributed by atoms with van der Waals surface area (Å²) in [5.74, 6) is -2.86. The maximum atomic E-state index is 14.9. The zero-order valence-corrected chi connectivity index (χ0v) is 17.9. The summed E-state index contributed by atoms with van der Waals surface area (Å²) in [6, 6.07) is 7.99. The highest BCUT2D eigenvalue weighted by atomic mass is 19.2. The van der Waals surface area contributed by atoms with E-state index >= 15 is 0 Å². The lowest BCUT2D eigenvalue weighted by molar-refractivity contribution is -0.140. The van der Waals surface area contributed by atoms with Gasteiger partial charge in [0.25, 0.3) is 0 Å². The molecule has 0 aliphatic heterocycles. The van der Waals surface area contributed by atoms with Crippen molar-refractivity contribution >= 4 is 5.97 Å². The SMILES string of the molecule is Cc1ccc(OC(=O)C2CCC(c3ccc(C4CCCCC4)c(F)c3F)CC2)c(F)c1. The maximum absolute atomic E-state index is 14.9. The van der Waals surface area contributed by atoms with E-state index in [1.54, 1.807) is 25.1 Å². The smallest absolute Gasteiger partial charge is 0.314 e. The molecule has 0 amide bonds. The number of benzene rings is 2. The van der Waals surface area contributed by atoms with Crippen LogP contribution in [0.1, 0.15) is 86.3 Å². The average Bonchev–Trinajstić information content (AvgIpc) is 2.78. The summed E-state index contributed by atoms with van der Waals surface area (Å²) in [4.78, 5) is 12.5. The Morgan fingerprint density at radius 1 is 0.806 bits per heavy atom. The van der Waals surface area contributed by atoms with Crippen molar-refractivity contribution in [1.82, 2.24) is 0 Å². The molecule has 0 heterocycles. The largest absolute Gasteiger partial charge is 0.423 e. The molecule has 166 valence electrons. The van der Waals surface area contributed by atoms with Crippen LogP contribution < -0.4 is 4.74 Å². The molecular formula is C26H29F3O2. The van der Waals surface area contributed by atoms with Crippen LogP contribution in [-0.2, 0) is 4.79 Å². The molecule has 2 aromatic rings. The van der Waals surface area contributed by atoms with Gasteiger partial charge in [0.1, 0.15) is 0 Å². The molecule has 2 aliphatic rings. The van der Waals surface area contributed by atoms with Crippen LogP contribution in [0.5, 0.6) is 5.75 Å². The van der Waals surface area contributed by atoms with E-state index in [4.69, 9.17) is 4.74 Å². The van der Waals surface area contributed by atoms with Crippen LogP contribution in [0.4, 0.5) is 13.2 Å². The fraction of sp³-hybridized carbons (Fsp3) is 0.500. The first-order valence-corrected chi connectivity index (χ1v) is 11.4. The first kappa shape index (κ1) is 21.9. The van der Waals surface area contributed by atoms with Gasteiger partial charge in [-0.2, -0.15) is 0 Å². The van der Waals surface area contributed by atoms with E-state index in [-0.39, 0.29) is 23.5 Å². The molecule has 0 saturated heterocycles. The molecular weight excluding hydrogens is 401 g/mol. The number of hydrogen-bond acceptors (Lipinski definition) is 2. The molecule has 0 bridgehead atoms. The van der Waals surface area contributed by atoms with E-state index in [2.05, 4.69) is 0 Å². The average molecular weight is 431 g/mol. The molecule has 0 N–H and O–H groups in total. The van der Waals surface area contributed by atoms with Crippen molar-refractivity contribution in [3.05, 3.63) is 64.5 Å². The minimum atomic E-state index is -0.726. The summed E-state index contributed by atoms with van der Waals surface area (Å²) in [6.45, 7) is 1.76. The van der Waals surface area contributed by atoms with Gasteiger partial charge in [0.2, 0.25) is 0 Å². The van der Waals surface area contributed by atoms with Crippen LogP contribution in [0.2, 0.25) is 0 Å². The summed E-state index contributed by atoms with van der Waals surface area (Å²) in [6.07, 6.45) is 7.34. The number of hydrogen-bond donors (Lipinski definition) is 0. The lowest BCUT2D eigenvalue weighted by atomic mass is 9.77. The molecule has 31 heavy (non-hydrogen) atoms. The van der Waals surface area contributed by atoms with Crippen molar-refractivity contribution < 1.29 is 22.7 Å². The zero-order valence-electron chi connectivity index (χ0n) is 17.9. The molecule has 2 nitrogen and oxygen atoms in total. The van der Waals surface area contributed by atoms with Crippen molar-refractivity contribution in [3.63, 3.8) is 0 Å². The second-order valence-electron chi connectivity index (χ2n) is 9.11. The summed E-state index contributed by atoms with van der Waals surface area (Å²) < 4.78 is 49.0. The Bertz CT molecular complexity index is 942. The second kappa shape index (κ2) is 9.46. The molecule has 2 aromatic carbocycles. The quantitative estimate of drug-likeness (QED) is 0.375. The third-order valence-corrected chi connectivity index (χ3v) is 6.99. The van der Waals surface area contributed by atoms with Gasteiger partial charge in [-0.15, -0.1) is 0 Å². The maximum Gasteiger partial charge on any atom is 0.314 e. The summed E-state index contributed by atoms with van der Waals surface area (Å²) in [7, 11) is 0. The Morgan fingerprint density at radius 3 is 1.97 bits per heavy atom. The van der Waals surface area contributed by atoms with E-state index < -0.39 is 23.4 Å². The van der Waals surface area contributed by atoms with Gasteiger partial charge in [0, 0.05) is 0 Å². The molecule has 2 fully saturated rings. The normalized spacial score (nSPS) is 22.3. The number of carbonyl (C=O) groups excluding carboxylic acids is 1. The highest BCUT2D eigenvalue weighted by Gasteiger charge is 2.31. The number of esters is 1. The molecule has 0 atom stereocenters. The Balaban J connectivity index is 1.39. The molecule has 0 radical (unpaired) electrons. The van der Waals surface area contributed by atoms with Crippen LogP contribution in [0.3, 0.4) is 0 Å². The van der Waals surface area contributed by atoms with Gasteiger partial charge in [-0.1, -0.05) is 37.5 Å². The molecule has 0 aromatic heterocycles. The molecule has 0 unspecified atom stereocenters. The Hall–Kier alpha value is -2.30. The van der Waals surface area contributed by atoms with Crippen molar-refractivity contribution in [2.45, 2.75) is 76.5 Å². The van der Waals surface area contributed by atoms with Gasteiger partial charge in [-0.3, -0.25) is 4.79 Å². The van der Waals surface area contributed by atoms with Crippen molar-refractivity contribution in [2.75, 3.05) is 0 Å². The Labute approximate surface area is 181 Å². The molecule has 5 heteroatoms. The van der Waals surface area contributed by atoms with Gasteiger partial charge in [0.15, 0.2) is 23.2 Å². The first-order valence-electron chi connectivity index (χ1n) is 11.4. The lowest BCUT2D eigenvalue weighted by Gasteiger charge is -2.29. The van der Waals surface area contributed by atoms with Crippen molar-refractivity contribution in [3.8, 4) is 5.75 Å². The summed E-state index contributed by atoms with van der Waals surface area (Å²) >= 11 is 0. The highest BCUT2D eigenvalue weighted by molar-refractivity contribution is 5.75. The lowest BCUT2D eigenvalue weighted by Crippen LogP contribution is -2.26. The van der Waals surface area contributed by atoms with Gasteiger partial charge in [0.05, 0.1) is 5.92 Å². The predicted molar refractivity (Wildman–Crippen MR) is 114 cm³/mol. The van der Waals surface area contributed by atoms with Crippen molar-refractivity contribution in [2.24, 2.45) is 5.92 Å². The highest BCUT2D eigenvalue weighted by Crippen LogP contribution is 2.40. The van der Waals surface area contributed by atoms with Crippen LogP contribution in [0.15, 0.2) is 30.3 Å². The number of halogens is 3. The van der Waals surface area contributed by atoms with Gasteiger partial charge < -0.3 is 4.74 Å². The fourth-order valence-electron chi connectivity index (χ4n) is 5.14. The Morgan fingerprint density at radius 2 is 1.39 bits per heavy atom. The molecule has 0 spiro atoms. The topological polar surface area (TPSA) is 26.3 Å². The van der Waals surface area contributed by atoms with Gasteiger partial charge >= 0.3 is 5.97 Å². The summed E-state index contributed by atoms with van der Waals surface area (Å²) in [5.41, 5.74) is 1.67. The standard InChI is InChI=1S/C26H29F3O2/c1-16-7-14-23(22(27)15-16)31-26(30)19-10-8-18(9-11-19)21-13-12-20(24(28)25(21)29)17-5-3-2-4-6-17/h7,12-15,17-19H,2-6,8-11H2,1H3. The zero-order chi connectivity index (χ0) is 22.0. The molecule has 2 saturated carbocycles. The van der Waals surface area contributed by atoms with Crippen molar-refractivity contribution in [1.29, 1.82) is 0 Å². The monoisotopic (exact) mass is 430 g/mol. The van der Waals surface area contributed by atoms with E-state index in [0.717, 1.165) is 31.2 Å². The number of aryl methyl sites for hydroxylation is 1. The van der Waals surface area contributed by atoms with E-state index in [1.807, 2.05) is 0 Å². The fourth-order valence-corrected chi connectivity index (χ4v) is 5.14. The number of ether oxygens (including phenoxy) is 1. The van der Waals surface area contributed by atoms with Crippen LogP contribution >= 0.6 is 0 Å². The van der Waals surface area contributed by atoms with E-state index in [0.29, 0.717) is 36.8 Å². The Kier molecular flexibility index (Phi) is 6.68. The number of rotatable bonds is 4. The minimum Gasteiger partial charge on any atom is -0.423 e. The third-order valence-electron chi connectivity index (χ3n) is 6.99. The van der Waals surface area contributed by atoms with Gasteiger partial charge in [-0.25, -0.2) is 13.2 Å². The van der Waals surface area contributed by atoms with Crippen LogP contribution in [0.25, 0.3) is 0 Å². The van der Waals surface area contributed by atoms with Gasteiger partial charge in [-0.05, 0) is 86.1 Å². The third kappa shape index (κ3) is 4.81. The molecule has 4 rings (SSSR count). The second-order valence-corrected chi connectivity index (χ2v) is 9.11. The van der Waals surface area contributed by atoms with Crippen LogP contribution in [0, 0.1) is 30.3 Å². The summed E-state index contributed by atoms with van der Waals surface area (Å²) in [5, 5.41) is 0.